The van der Waals surface area contributed by atoms with Gasteiger partial charge in [-0.15, -0.1) is 0 Å². The molecule has 0 saturated heterocycles. The quantitative estimate of drug-likeness (QED) is 0.745. The summed E-state index contributed by atoms with van der Waals surface area (Å²) in [6, 6.07) is 0. The van der Waals surface area contributed by atoms with Gasteiger partial charge < -0.3 is 5.73 Å². The van der Waals surface area contributed by atoms with Crippen LogP contribution in [0.1, 0.15) is 32.6 Å². The summed E-state index contributed by atoms with van der Waals surface area (Å²) >= 11 is 5.00. The Balaban J connectivity index is 2.86. The number of rotatable bonds is 4. The standard InChI is InChI=1S/C9H17NO2S2/c1-2-14(11,12)7-9(8(10)13)5-3-4-6-9/h2-7H2,1H3,(H2,10,13). The lowest BCUT2D eigenvalue weighted by Gasteiger charge is -2.26. The zero-order valence-corrected chi connectivity index (χ0v) is 10.1. The van der Waals surface area contributed by atoms with Gasteiger partial charge in [0.25, 0.3) is 0 Å². The van der Waals surface area contributed by atoms with E-state index in [0.717, 1.165) is 25.7 Å². The highest BCUT2D eigenvalue weighted by Crippen LogP contribution is 2.39. The minimum Gasteiger partial charge on any atom is -0.393 e. The molecule has 0 atom stereocenters. The molecule has 1 aliphatic carbocycles. The molecule has 1 rings (SSSR count). The zero-order valence-electron chi connectivity index (χ0n) is 8.45. The molecule has 1 saturated carbocycles. The van der Waals surface area contributed by atoms with Gasteiger partial charge in [-0.2, -0.15) is 0 Å². The van der Waals surface area contributed by atoms with E-state index in [1.165, 1.54) is 0 Å². The van der Waals surface area contributed by atoms with E-state index in [4.69, 9.17) is 18.0 Å². The summed E-state index contributed by atoms with van der Waals surface area (Å²) in [7, 11) is -2.97. The van der Waals surface area contributed by atoms with Crippen LogP contribution < -0.4 is 5.73 Å². The van der Waals surface area contributed by atoms with Gasteiger partial charge in [-0.1, -0.05) is 32.0 Å². The molecule has 0 bridgehead atoms. The zero-order chi connectivity index (χ0) is 10.8. The summed E-state index contributed by atoms with van der Waals surface area (Å²) < 4.78 is 23.1. The largest absolute Gasteiger partial charge is 0.393 e. The number of hydrogen-bond acceptors (Lipinski definition) is 3. The van der Waals surface area contributed by atoms with E-state index in [0.29, 0.717) is 4.99 Å². The summed E-state index contributed by atoms with van der Waals surface area (Å²) in [6.45, 7) is 1.66. The lowest BCUT2D eigenvalue weighted by atomic mass is 9.89. The highest BCUT2D eigenvalue weighted by Gasteiger charge is 2.40. The van der Waals surface area contributed by atoms with E-state index >= 15 is 0 Å². The molecule has 0 aliphatic heterocycles. The van der Waals surface area contributed by atoms with Gasteiger partial charge >= 0.3 is 0 Å². The van der Waals surface area contributed by atoms with Gasteiger partial charge in [0.1, 0.15) is 0 Å². The number of sulfone groups is 1. The van der Waals surface area contributed by atoms with Crippen molar-refractivity contribution in [3.63, 3.8) is 0 Å². The highest BCUT2D eigenvalue weighted by molar-refractivity contribution is 7.91. The van der Waals surface area contributed by atoms with E-state index in [9.17, 15) is 8.42 Å². The fourth-order valence-electron chi connectivity index (χ4n) is 2.04. The van der Waals surface area contributed by atoms with Crippen LogP contribution in [0.15, 0.2) is 0 Å². The van der Waals surface area contributed by atoms with E-state index < -0.39 is 15.3 Å². The van der Waals surface area contributed by atoms with Crippen LogP contribution in [0.5, 0.6) is 0 Å². The number of hydrogen-bond donors (Lipinski definition) is 1. The third-order valence-electron chi connectivity index (χ3n) is 3.02. The molecule has 5 heteroatoms. The number of thiocarbonyl (C=S) groups is 1. The summed E-state index contributed by atoms with van der Waals surface area (Å²) in [6.07, 6.45) is 3.75. The second-order valence-corrected chi connectivity index (χ2v) is 6.82. The van der Waals surface area contributed by atoms with Crippen molar-refractivity contribution in [2.24, 2.45) is 11.1 Å². The first kappa shape index (κ1) is 11.9. The Morgan fingerprint density at radius 3 is 2.29 bits per heavy atom. The average Bonchev–Trinajstić information content (AvgIpc) is 2.53. The van der Waals surface area contributed by atoms with Gasteiger partial charge in [0, 0.05) is 11.2 Å². The third-order valence-corrected chi connectivity index (χ3v) is 5.32. The first-order valence-electron chi connectivity index (χ1n) is 4.92. The second kappa shape index (κ2) is 4.14. The van der Waals surface area contributed by atoms with E-state index in [2.05, 4.69) is 0 Å². The van der Waals surface area contributed by atoms with Gasteiger partial charge in [-0.3, -0.25) is 0 Å². The Kier molecular flexibility index (Phi) is 3.53. The highest BCUT2D eigenvalue weighted by atomic mass is 32.2. The average molecular weight is 235 g/mol. The Morgan fingerprint density at radius 1 is 1.43 bits per heavy atom. The maximum atomic E-state index is 11.5. The van der Waals surface area contributed by atoms with Crippen LogP contribution in [0.25, 0.3) is 0 Å². The van der Waals surface area contributed by atoms with Crippen LogP contribution in [0.3, 0.4) is 0 Å². The van der Waals surface area contributed by atoms with Crippen LogP contribution in [-0.2, 0) is 9.84 Å². The predicted molar refractivity (Wildman–Crippen MR) is 62.0 cm³/mol. The summed E-state index contributed by atoms with van der Waals surface area (Å²) in [5.41, 5.74) is 5.26. The van der Waals surface area contributed by atoms with Crippen molar-refractivity contribution >= 4 is 27.0 Å². The van der Waals surface area contributed by atoms with Crippen LogP contribution in [0.2, 0.25) is 0 Å². The maximum Gasteiger partial charge on any atom is 0.151 e. The first-order valence-corrected chi connectivity index (χ1v) is 7.15. The fourth-order valence-corrected chi connectivity index (χ4v) is 3.89. The Bertz CT molecular complexity index is 316. The molecule has 0 radical (unpaired) electrons. The van der Waals surface area contributed by atoms with Crippen LogP contribution in [0, 0.1) is 5.41 Å². The molecule has 0 aromatic rings. The second-order valence-electron chi connectivity index (χ2n) is 4.03. The molecule has 14 heavy (non-hydrogen) atoms. The minimum absolute atomic E-state index is 0.145. The molecule has 1 fully saturated rings. The van der Waals surface area contributed by atoms with Crippen molar-refractivity contribution < 1.29 is 8.42 Å². The monoisotopic (exact) mass is 235 g/mol. The van der Waals surface area contributed by atoms with E-state index in [-0.39, 0.29) is 11.5 Å². The molecular formula is C9H17NO2S2. The molecule has 0 aromatic heterocycles. The Morgan fingerprint density at radius 2 is 1.93 bits per heavy atom. The molecular weight excluding hydrogens is 218 g/mol. The lowest BCUT2D eigenvalue weighted by Crippen LogP contribution is -2.39. The van der Waals surface area contributed by atoms with Crippen LogP contribution in [-0.4, -0.2) is 24.9 Å². The smallest absolute Gasteiger partial charge is 0.151 e. The van der Waals surface area contributed by atoms with Crippen molar-refractivity contribution in [1.82, 2.24) is 0 Å². The molecule has 0 spiro atoms. The normalized spacial score (nSPS) is 20.9. The number of nitrogens with two attached hydrogens (primary N) is 1. The van der Waals surface area contributed by atoms with Gasteiger partial charge in [-0.25, -0.2) is 8.42 Å². The van der Waals surface area contributed by atoms with Crippen molar-refractivity contribution in [2.45, 2.75) is 32.6 Å². The summed E-state index contributed by atoms with van der Waals surface area (Å²) in [5, 5.41) is 0. The molecule has 3 nitrogen and oxygen atoms in total. The van der Waals surface area contributed by atoms with Crippen LogP contribution >= 0.6 is 12.2 Å². The Hall–Kier alpha value is -0.160. The maximum absolute atomic E-state index is 11.5. The summed E-state index contributed by atoms with van der Waals surface area (Å²) in [4.78, 5) is 0.382. The minimum atomic E-state index is -2.97. The Labute approximate surface area is 91.0 Å². The molecule has 82 valence electrons. The lowest BCUT2D eigenvalue weighted by molar-refractivity contribution is 0.480. The molecule has 2 N–H and O–H groups in total. The molecule has 1 aliphatic rings. The molecule has 0 unspecified atom stereocenters. The van der Waals surface area contributed by atoms with E-state index in [1.807, 2.05) is 0 Å². The van der Waals surface area contributed by atoms with Gasteiger partial charge in [-0.05, 0) is 12.8 Å². The van der Waals surface area contributed by atoms with Gasteiger partial charge in [0.05, 0.1) is 10.7 Å². The first-order chi connectivity index (χ1) is 6.42. The fraction of sp³-hybridized carbons (Fsp3) is 0.889. The van der Waals surface area contributed by atoms with Crippen molar-refractivity contribution in [3.8, 4) is 0 Å². The predicted octanol–water partition coefficient (Wildman–Crippen LogP) is 1.27. The van der Waals surface area contributed by atoms with Crippen molar-refractivity contribution in [2.75, 3.05) is 11.5 Å². The molecule has 0 aromatic carbocycles. The van der Waals surface area contributed by atoms with Crippen molar-refractivity contribution in [1.29, 1.82) is 0 Å². The topological polar surface area (TPSA) is 60.2 Å². The van der Waals surface area contributed by atoms with Gasteiger partial charge in [0.2, 0.25) is 0 Å². The molecule has 0 amide bonds. The van der Waals surface area contributed by atoms with Crippen LogP contribution in [0.4, 0.5) is 0 Å². The molecule has 0 heterocycles. The third kappa shape index (κ3) is 2.45. The summed E-state index contributed by atoms with van der Waals surface area (Å²) in [5.74, 6) is 0.323. The van der Waals surface area contributed by atoms with Crippen molar-refractivity contribution in [3.05, 3.63) is 0 Å². The SMILES string of the molecule is CCS(=O)(=O)CC1(C(N)=S)CCCC1. The van der Waals surface area contributed by atoms with E-state index in [1.54, 1.807) is 6.92 Å². The van der Waals surface area contributed by atoms with Gasteiger partial charge in [0.15, 0.2) is 9.84 Å².